The van der Waals surface area contributed by atoms with Crippen molar-refractivity contribution in [2.75, 3.05) is 21.3 Å². The summed E-state index contributed by atoms with van der Waals surface area (Å²) in [6, 6.07) is 6.85. The highest BCUT2D eigenvalue weighted by atomic mass is 19.1. The molecule has 0 saturated carbocycles. The third-order valence-corrected chi connectivity index (χ3v) is 3.83. The number of para-hydroxylation sites is 1. The standard InChI is InChI=1S/C18H15FN2O5/c1-24-12-7-9(8-13(25-2)16(12)26-3)15(22)17-20-14-10(18(23)21-17)5-4-6-11(14)19/h4-8H,1-3H3,(H,20,21,23). The van der Waals surface area contributed by atoms with Gasteiger partial charge in [-0.1, -0.05) is 6.07 Å². The number of ketones is 1. The maximum Gasteiger partial charge on any atom is 0.259 e. The van der Waals surface area contributed by atoms with Crippen LogP contribution in [0, 0.1) is 5.82 Å². The average Bonchev–Trinajstić information content (AvgIpc) is 2.66. The fraction of sp³-hybridized carbons (Fsp3) is 0.167. The number of aromatic nitrogens is 2. The molecular formula is C18H15FN2O5. The zero-order valence-electron chi connectivity index (χ0n) is 14.3. The number of benzene rings is 2. The number of fused-ring (bicyclic) bond motifs is 1. The Balaban J connectivity index is 2.17. The molecule has 2 aromatic carbocycles. The van der Waals surface area contributed by atoms with Crippen molar-refractivity contribution < 1.29 is 23.4 Å². The molecule has 0 aliphatic heterocycles. The van der Waals surface area contributed by atoms with Gasteiger partial charge in [-0.2, -0.15) is 0 Å². The Bertz CT molecular complexity index is 1040. The summed E-state index contributed by atoms with van der Waals surface area (Å²) in [5, 5.41) is 0.0615. The number of hydrogen-bond acceptors (Lipinski definition) is 6. The summed E-state index contributed by atoms with van der Waals surface area (Å²) in [5.74, 6) is -0.743. The fourth-order valence-electron chi connectivity index (χ4n) is 2.58. The molecule has 26 heavy (non-hydrogen) atoms. The number of halogens is 1. The summed E-state index contributed by atoms with van der Waals surface area (Å²) in [6.07, 6.45) is 0. The third-order valence-electron chi connectivity index (χ3n) is 3.83. The summed E-state index contributed by atoms with van der Waals surface area (Å²) in [5.41, 5.74) is -0.643. The minimum atomic E-state index is -0.687. The second-order valence-corrected chi connectivity index (χ2v) is 5.29. The number of H-pyrrole nitrogens is 1. The normalized spacial score (nSPS) is 10.6. The smallest absolute Gasteiger partial charge is 0.259 e. The monoisotopic (exact) mass is 358 g/mol. The Hall–Kier alpha value is -3.42. The maximum atomic E-state index is 14.0. The Kier molecular flexibility index (Phi) is 4.57. The topological polar surface area (TPSA) is 90.5 Å². The van der Waals surface area contributed by atoms with Crippen molar-refractivity contribution in [1.82, 2.24) is 9.97 Å². The Labute approximate surface area is 147 Å². The number of carbonyl (C=O) groups excluding carboxylic acids is 1. The summed E-state index contributed by atoms with van der Waals surface area (Å²) in [6.45, 7) is 0. The molecular weight excluding hydrogens is 343 g/mol. The van der Waals surface area contributed by atoms with Crippen molar-refractivity contribution in [3.63, 3.8) is 0 Å². The van der Waals surface area contributed by atoms with E-state index in [0.29, 0.717) is 5.75 Å². The molecule has 1 N–H and O–H groups in total. The molecule has 0 unspecified atom stereocenters. The Morgan fingerprint density at radius 3 is 2.31 bits per heavy atom. The van der Waals surface area contributed by atoms with Gasteiger partial charge >= 0.3 is 0 Å². The molecule has 3 aromatic rings. The number of nitrogens with zero attached hydrogens (tertiary/aromatic N) is 1. The number of methoxy groups -OCH3 is 3. The quantitative estimate of drug-likeness (QED) is 0.704. The predicted octanol–water partition coefficient (Wildman–Crippen LogP) is 2.32. The molecule has 0 atom stereocenters. The molecule has 3 rings (SSSR count). The number of carbonyl (C=O) groups is 1. The van der Waals surface area contributed by atoms with Gasteiger partial charge < -0.3 is 19.2 Å². The summed E-state index contributed by atoms with van der Waals surface area (Å²) < 4.78 is 29.6. The van der Waals surface area contributed by atoms with Gasteiger partial charge in [-0.25, -0.2) is 9.37 Å². The van der Waals surface area contributed by atoms with Crippen LogP contribution in [0.1, 0.15) is 16.2 Å². The lowest BCUT2D eigenvalue weighted by Crippen LogP contribution is -2.17. The number of nitrogens with one attached hydrogen (secondary N) is 1. The van der Waals surface area contributed by atoms with Gasteiger partial charge in [0.2, 0.25) is 11.5 Å². The first-order valence-corrected chi connectivity index (χ1v) is 7.53. The van der Waals surface area contributed by atoms with E-state index in [4.69, 9.17) is 14.2 Å². The molecule has 0 saturated heterocycles. The minimum Gasteiger partial charge on any atom is -0.493 e. The Morgan fingerprint density at radius 1 is 1.08 bits per heavy atom. The molecule has 0 bridgehead atoms. The zero-order chi connectivity index (χ0) is 18.8. The fourth-order valence-corrected chi connectivity index (χ4v) is 2.58. The van der Waals surface area contributed by atoms with Gasteiger partial charge in [-0.05, 0) is 24.3 Å². The highest BCUT2D eigenvalue weighted by Crippen LogP contribution is 2.38. The molecule has 1 heterocycles. The first-order chi connectivity index (χ1) is 12.5. The molecule has 0 radical (unpaired) electrons. The number of aromatic amines is 1. The van der Waals surface area contributed by atoms with Crippen LogP contribution < -0.4 is 19.8 Å². The van der Waals surface area contributed by atoms with Gasteiger partial charge in [-0.3, -0.25) is 9.59 Å². The van der Waals surface area contributed by atoms with Crippen LogP contribution in [0.15, 0.2) is 35.1 Å². The maximum absolute atomic E-state index is 14.0. The van der Waals surface area contributed by atoms with Crippen LogP contribution in [-0.4, -0.2) is 37.1 Å². The average molecular weight is 358 g/mol. The lowest BCUT2D eigenvalue weighted by Gasteiger charge is -2.13. The second kappa shape index (κ2) is 6.83. The van der Waals surface area contributed by atoms with Crippen molar-refractivity contribution in [2.45, 2.75) is 0 Å². The van der Waals surface area contributed by atoms with E-state index in [1.165, 1.54) is 51.7 Å². The predicted molar refractivity (Wildman–Crippen MR) is 91.9 cm³/mol. The molecule has 134 valence electrons. The van der Waals surface area contributed by atoms with Crippen LogP contribution in [0.25, 0.3) is 10.9 Å². The number of hydrogen-bond donors (Lipinski definition) is 1. The van der Waals surface area contributed by atoms with Crippen molar-refractivity contribution in [2.24, 2.45) is 0 Å². The van der Waals surface area contributed by atoms with Gasteiger partial charge in [-0.15, -0.1) is 0 Å². The highest BCUT2D eigenvalue weighted by molar-refractivity contribution is 6.08. The summed E-state index contributed by atoms with van der Waals surface area (Å²) >= 11 is 0. The van der Waals surface area contributed by atoms with Crippen molar-refractivity contribution in [3.05, 3.63) is 57.9 Å². The van der Waals surface area contributed by atoms with E-state index in [1.54, 1.807) is 0 Å². The van der Waals surface area contributed by atoms with Crippen molar-refractivity contribution >= 4 is 16.7 Å². The molecule has 0 amide bonds. The largest absolute Gasteiger partial charge is 0.493 e. The van der Waals surface area contributed by atoms with Gasteiger partial charge in [0.1, 0.15) is 11.3 Å². The summed E-state index contributed by atoms with van der Waals surface area (Å²) in [7, 11) is 4.27. The molecule has 1 aromatic heterocycles. The first-order valence-electron chi connectivity index (χ1n) is 7.53. The van der Waals surface area contributed by atoms with Gasteiger partial charge in [0.25, 0.3) is 5.56 Å². The SMILES string of the molecule is COc1cc(C(=O)c2nc3c(F)cccc3c(=O)[nH]2)cc(OC)c1OC. The number of rotatable bonds is 5. The van der Waals surface area contributed by atoms with Gasteiger partial charge in [0.05, 0.1) is 26.7 Å². The molecule has 0 fully saturated rings. The molecule has 0 aliphatic rings. The van der Waals surface area contributed by atoms with Crippen molar-refractivity contribution in [1.29, 1.82) is 0 Å². The zero-order valence-corrected chi connectivity index (χ0v) is 14.3. The van der Waals surface area contributed by atoms with E-state index in [9.17, 15) is 14.0 Å². The van der Waals surface area contributed by atoms with Crippen LogP contribution >= 0.6 is 0 Å². The Morgan fingerprint density at radius 2 is 1.73 bits per heavy atom. The minimum absolute atomic E-state index is 0.0615. The van der Waals surface area contributed by atoms with Crippen LogP contribution in [0.5, 0.6) is 17.2 Å². The second-order valence-electron chi connectivity index (χ2n) is 5.29. The lowest BCUT2D eigenvalue weighted by molar-refractivity contribution is 0.102. The van der Waals surface area contributed by atoms with Gasteiger partial charge in [0.15, 0.2) is 17.3 Å². The van der Waals surface area contributed by atoms with E-state index < -0.39 is 17.2 Å². The number of ether oxygens (including phenoxy) is 3. The van der Waals surface area contributed by atoms with Gasteiger partial charge in [0, 0.05) is 5.56 Å². The summed E-state index contributed by atoms with van der Waals surface area (Å²) in [4.78, 5) is 31.3. The highest BCUT2D eigenvalue weighted by Gasteiger charge is 2.20. The molecule has 0 spiro atoms. The van der Waals surface area contributed by atoms with E-state index in [-0.39, 0.29) is 33.8 Å². The first kappa shape index (κ1) is 17.4. The van der Waals surface area contributed by atoms with Crippen LogP contribution in [0.3, 0.4) is 0 Å². The van der Waals surface area contributed by atoms with E-state index >= 15 is 0 Å². The van der Waals surface area contributed by atoms with E-state index in [0.717, 1.165) is 0 Å². The van der Waals surface area contributed by atoms with Crippen LogP contribution in [0.2, 0.25) is 0 Å². The lowest BCUT2D eigenvalue weighted by atomic mass is 10.1. The van der Waals surface area contributed by atoms with E-state index in [1.807, 2.05) is 0 Å². The van der Waals surface area contributed by atoms with Crippen molar-refractivity contribution in [3.8, 4) is 17.2 Å². The molecule has 0 aliphatic carbocycles. The molecule has 7 nitrogen and oxygen atoms in total. The molecule has 8 heteroatoms. The van der Waals surface area contributed by atoms with Crippen LogP contribution in [0.4, 0.5) is 4.39 Å². The third kappa shape index (κ3) is 2.85. The van der Waals surface area contributed by atoms with Crippen LogP contribution in [-0.2, 0) is 0 Å². The van der Waals surface area contributed by atoms with E-state index in [2.05, 4.69) is 9.97 Å².